The molecule has 150 valence electrons. The first kappa shape index (κ1) is 22.6. The number of hydroxylamine groups is 1. The van der Waals surface area contributed by atoms with E-state index in [9.17, 15) is 14.4 Å². The van der Waals surface area contributed by atoms with Crippen LogP contribution in [0.4, 0.5) is 0 Å². The molecule has 4 N–H and O–H groups in total. The van der Waals surface area contributed by atoms with Crippen molar-refractivity contribution in [2.75, 3.05) is 6.54 Å². The van der Waals surface area contributed by atoms with Crippen LogP contribution in [0.2, 0.25) is 0 Å². The minimum Gasteiger partial charge on any atom is -0.354 e. The lowest BCUT2D eigenvalue weighted by Gasteiger charge is -2.19. The number of hydrogen-bond donors (Lipinski definition) is 4. The maximum Gasteiger partial charge on any atom is 0.253 e. The second-order valence-electron chi connectivity index (χ2n) is 6.88. The van der Waals surface area contributed by atoms with Crippen molar-refractivity contribution >= 4 is 17.7 Å². The Balaban J connectivity index is 2.55. The number of hydrogen-bond acceptors (Lipinski definition) is 5. The van der Waals surface area contributed by atoms with Crippen molar-refractivity contribution in [3.05, 3.63) is 30.1 Å². The van der Waals surface area contributed by atoms with Crippen LogP contribution in [-0.2, 0) is 9.59 Å². The molecule has 27 heavy (non-hydrogen) atoms. The zero-order chi connectivity index (χ0) is 20.1. The molecule has 0 aliphatic rings. The van der Waals surface area contributed by atoms with Crippen molar-refractivity contribution in [1.82, 2.24) is 21.1 Å². The Morgan fingerprint density at radius 3 is 2.56 bits per heavy atom. The summed E-state index contributed by atoms with van der Waals surface area (Å²) >= 11 is 0. The van der Waals surface area contributed by atoms with Gasteiger partial charge >= 0.3 is 0 Å². The SMILES string of the molecule is CC(C)CCNC(=O)C(CCCCCC(=O)NO)NC(=O)c1cccnc1. The van der Waals surface area contributed by atoms with Crippen LogP contribution < -0.4 is 16.1 Å². The highest BCUT2D eigenvalue weighted by Gasteiger charge is 2.21. The van der Waals surface area contributed by atoms with Crippen LogP contribution >= 0.6 is 0 Å². The lowest BCUT2D eigenvalue weighted by Crippen LogP contribution is -2.47. The highest BCUT2D eigenvalue weighted by Crippen LogP contribution is 2.08. The number of aromatic nitrogens is 1. The molecule has 8 heteroatoms. The van der Waals surface area contributed by atoms with Gasteiger partial charge in [0.15, 0.2) is 0 Å². The van der Waals surface area contributed by atoms with Gasteiger partial charge in [0, 0.05) is 25.4 Å². The van der Waals surface area contributed by atoms with Gasteiger partial charge in [0.2, 0.25) is 11.8 Å². The monoisotopic (exact) mass is 378 g/mol. The normalized spacial score (nSPS) is 11.7. The summed E-state index contributed by atoms with van der Waals surface area (Å²) in [5.74, 6) is -0.498. The van der Waals surface area contributed by atoms with Gasteiger partial charge in [-0.2, -0.15) is 0 Å². The summed E-state index contributed by atoms with van der Waals surface area (Å²) in [6.07, 6.45) is 6.59. The lowest BCUT2D eigenvalue weighted by atomic mass is 10.1. The molecule has 0 bridgehead atoms. The smallest absolute Gasteiger partial charge is 0.253 e. The fraction of sp³-hybridized carbons (Fsp3) is 0.579. The van der Waals surface area contributed by atoms with Crippen LogP contribution in [0.25, 0.3) is 0 Å². The third kappa shape index (κ3) is 9.69. The Kier molecular flexibility index (Phi) is 10.7. The molecule has 0 radical (unpaired) electrons. The second kappa shape index (κ2) is 12.8. The van der Waals surface area contributed by atoms with Crippen LogP contribution in [0, 0.1) is 5.92 Å². The highest BCUT2D eigenvalue weighted by molar-refractivity contribution is 5.97. The first-order chi connectivity index (χ1) is 12.9. The maximum absolute atomic E-state index is 12.5. The summed E-state index contributed by atoms with van der Waals surface area (Å²) in [7, 11) is 0. The largest absolute Gasteiger partial charge is 0.354 e. The Morgan fingerprint density at radius 1 is 1.15 bits per heavy atom. The van der Waals surface area contributed by atoms with E-state index in [1.165, 1.54) is 6.20 Å². The molecular formula is C19H30N4O4. The van der Waals surface area contributed by atoms with Gasteiger partial charge < -0.3 is 10.6 Å². The van der Waals surface area contributed by atoms with Crippen molar-refractivity contribution < 1.29 is 19.6 Å². The third-order valence-electron chi connectivity index (χ3n) is 4.09. The third-order valence-corrected chi connectivity index (χ3v) is 4.09. The molecule has 1 unspecified atom stereocenters. The van der Waals surface area contributed by atoms with Gasteiger partial charge in [0.25, 0.3) is 5.91 Å². The molecule has 0 saturated carbocycles. The quantitative estimate of drug-likeness (QED) is 0.251. The van der Waals surface area contributed by atoms with E-state index in [4.69, 9.17) is 5.21 Å². The molecule has 1 heterocycles. The van der Waals surface area contributed by atoms with E-state index >= 15 is 0 Å². The predicted octanol–water partition coefficient (Wildman–Crippen LogP) is 1.80. The van der Waals surface area contributed by atoms with E-state index in [0.29, 0.717) is 43.7 Å². The van der Waals surface area contributed by atoms with Crippen molar-refractivity contribution in [2.24, 2.45) is 5.92 Å². The summed E-state index contributed by atoms with van der Waals surface area (Å²) in [6, 6.07) is 2.67. The Labute approximate surface area is 160 Å². The van der Waals surface area contributed by atoms with E-state index in [2.05, 4.69) is 29.5 Å². The minimum atomic E-state index is -0.642. The van der Waals surface area contributed by atoms with Crippen LogP contribution in [-0.4, -0.2) is 40.5 Å². The number of carbonyl (C=O) groups is 3. The van der Waals surface area contributed by atoms with E-state index in [0.717, 1.165) is 6.42 Å². The van der Waals surface area contributed by atoms with Crippen LogP contribution in [0.1, 0.15) is 62.7 Å². The average Bonchev–Trinajstić information content (AvgIpc) is 2.66. The van der Waals surface area contributed by atoms with Gasteiger partial charge in [0.1, 0.15) is 6.04 Å². The summed E-state index contributed by atoms with van der Waals surface area (Å²) in [6.45, 7) is 4.72. The molecule has 3 amide bonds. The molecule has 1 rings (SSSR count). The molecular weight excluding hydrogens is 348 g/mol. The van der Waals surface area contributed by atoms with Gasteiger partial charge in [0.05, 0.1) is 5.56 Å². The standard InChI is InChI=1S/C19H30N4O4/c1-14(2)10-12-21-19(26)16(8-4-3-5-9-17(24)23-27)22-18(25)15-7-6-11-20-13-15/h6-7,11,13-14,16,27H,3-5,8-10,12H2,1-2H3,(H,21,26)(H,22,25)(H,23,24). The van der Waals surface area contributed by atoms with Crippen LogP contribution in [0.3, 0.4) is 0 Å². The van der Waals surface area contributed by atoms with Crippen molar-refractivity contribution in [3.63, 3.8) is 0 Å². The fourth-order valence-corrected chi connectivity index (χ4v) is 2.48. The summed E-state index contributed by atoms with van der Waals surface area (Å²) in [5.41, 5.74) is 1.99. The van der Waals surface area contributed by atoms with Gasteiger partial charge in [-0.25, -0.2) is 5.48 Å². The van der Waals surface area contributed by atoms with Crippen LogP contribution in [0.15, 0.2) is 24.5 Å². The second-order valence-corrected chi connectivity index (χ2v) is 6.88. The number of rotatable bonds is 12. The Morgan fingerprint density at radius 2 is 1.93 bits per heavy atom. The van der Waals surface area contributed by atoms with E-state index in [1.807, 2.05) is 0 Å². The molecule has 0 fully saturated rings. The minimum absolute atomic E-state index is 0.207. The topological polar surface area (TPSA) is 120 Å². The predicted molar refractivity (Wildman–Crippen MR) is 101 cm³/mol. The molecule has 1 aromatic heterocycles. The van der Waals surface area contributed by atoms with Gasteiger partial charge in [-0.05, 0) is 37.3 Å². The van der Waals surface area contributed by atoms with E-state index in [-0.39, 0.29) is 18.2 Å². The fourth-order valence-electron chi connectivity index (χ4n) is 2.48. The number of nitrogens with zero attached hydrogens (tertiary/aromatic N) is 1. The Bertz CT molecular complexity index is 593. The number of pyridine rings is 1. The molecule has 1 aromatic rings. The first-order valence-corrected chi connectivity index (χ1v) is 9.35. The van der Waals surface area contributed by atoms with Crippen molar-refractivity contribution in [3.8, 4) is 0 Å². The molecule has 0 aromatic carbocycles. The summed E-state index contributed by atoms with van der Waals surface area (Å²) in [4.78, 5) is 39.7. The summed E-state index contributed by atoms with van der Waals surface area (Å²) < 4.78 is 0. The first-order valence-electron chi connectivity index (χ1n) is 9.35. The maximum atomic E-state index is 12.5. The van der Waals surface area contributed by atoms with Crippen molar-refractivity contribution in [2.45, 2.75) is 58.4 Å². The molecule has 1 atom stereocenters. The number of nitrogens with one attached hydrogen (secondary N) is 3. The summed E-state index contributed by atoms with van der Waals surface area (Å²) in [5, 5.41) is 14.1. The number of carbonyl (C=O) groups excluding carboxylic acids is 3. The molecule has 8 nitrogen and oxygen atoms in total. The number of unbranched alkanes of at least 4 members (excludes halogenated alkanes) is 2. The average molecular weight is 378 g/mol. The molecule has 0 aliphatic heterocycles. The zero-order valence-electron chi connectivity index (χ0n) is 16.0. The molecule has 0 saturated heterocycles. The van der Waals surface area contributed by atoms with Gasteiger partial charge in [-0.1, -0.05) is 26.7 Å². The van der Waals surface area contributed by atoms with Gasteiger partial charge in [-0.3, -0.25) is 24.6 Å². The molecule has 0 aliphatic carbocycles. The van der Waals surface area contributed by atoms with Crippen LogP contribution in [0.5, 0.6) is 0 Å². The number of amides is 3. The lowest BCUT2D eigenvalue weighted by molar-refractivity contribution is -0.129. The van der Waals surface area contributed by atoms with Crippen molar-refractivity contribution in [1.29, 1.82) is 0 Å². The van der Waals surface area contributed by atoms with E-state index < -0.39 is 11.9 Å². The zero-order valence-corrected chi connectivity index (χ0v) is 16.0. The Hall–Kier alpha value is -2.48. The molecule has 0 spiro atoms. The van der Waals surface area contributed by atoms with Gasteiger partial charge in [-0.15, -0.1) is 0 Å². The van der Waals surface area contributed by atoms with E-state index in [1.54, 1.807) is 23.8 Å². The highest BCUT2D eigenvalue weighted by atomic mass is 16.5.